The second-order valence-corrected chi connectivity index (χ2v) is 5.11. The highest BCUT2D eigenvalue weighted by Gasteiger charge is 2.06. The van der Waals surface area contributed by atoms with Gasteiger partial charge in [-0.3, -0.25) is 4.79 Å². The number of hydrogen-bond donors (Lipinski definition) is 1. The Balaban J connectivity index is 1.81. The van der Waals surface area contributed by atoms with Gasteiger partial charge in [0.15, 0.2) is 11.9 Å². The first kappa shape index (κ1) is 14.1. The van der Waals surface area contributed by atoms with Crippen molar-refractivity contribution < 1.29 is 9.53 Å². The van der Waals surface area contributed by atoms with E-state index in [0.717, 1.165) is 17.7 Å². The van der Waals surface area contributed by atoms with Crippen LogP contribution in [-0.2, 0) is 0 Å². The summed E-state index contributed by atoms with van der Waals surface area (Å²) in [7, 11) is 0. The lowest BCUT2D eigenvalue weighted by atomic mass is 10.3. The fraction of sp³-hybridized carbons (Fsp3) is 0.188. The lowest BCUT2D eigenvalue weighted by Crippen LogP contribution is -2.05. The Hall–Kier alpha value is -2.89. The van der Waals surface area contributed by atoms with E-state index >= 15 is 0 Å². The summed E-state index contributed by atoms with van der Waals surface area (Å²) in [4.78, 5) is 15.3. The van der Waals surface area contributed by atoms with Crippen LogP contribution >= 0.6 is 0 Å². The number of hydrogen-bond acceptors (Lipinski definition) is 5. The molecule has 2 heterocycles. The zero-order valence-corrected chi connectivity index (χ0v) is 12.4. The summed E-state index contributed by atoms with van der Waals surface area (Å²) in [6, 6.07) is 9.43. The van der Waals surface area contributed by atoms with E-state index in [9.17, 15) is 4.79 Å². The Bertz CT molecular complexity index is 794. The number of nitrogens with one attached hydrogen (secondary N) is 1. The first-order valence-corrected chi connectivity index (χ1v) is 6.99. The van der Waals surface area contributed by atoms with E-state index in [4.69, 9.17) is 4.74 Å². The largest absolute Gasteiger partial charge is 0.491 e. The van der Waals surface area contributed by atoms with Crippen molar-refractivity contribution in [3.8, 4) is 5.75 Å². The van der Waals surface area contributed by atoms with Crippen molar-refractivity contribution in [2.75, 3.05) is 5.32 Å². The molecule has 0 fully saturated rings. The highest BCUT2D eigenvalue weighted by atomic mass is 16.5. The lowest BCUT2D eigenvalue weighted by Gasteiger charge is -2.11. The van der Waals surface area contributed by atoms with Crippen molar-refractivity contribution in [3.63, 3.8) is 0 Å². The number of ether oxygens (including phenoxy) is 1. The van der Waals surface area contributed by atoms with Crippen molar-refractivity contribution in [3.05, 3.63) is 48.3 Å². The fourth-order valence-electron chi connectivity index (χ4n) is 2.08. The molecular formula is C16H16N4O2. The molecule has 0 aliphatic carbocycles. The minimum absolute atomic E-state index is 0.145. The summed E-state index contributed by atoms with van der Waals surface area (Å²) in [6.07, 6.45) is 4.15. The second-order valence-electron chi connectivity index (χ2n) is 5.11. The van der Waals surface area contributed by atoms with E-state index in [1.807, 2.05) is 38.1 Å². The van der Waals surface area contributed by atoms with Crippen molar-refractivity contribution in [2.45, 2.75) is 20.0 Å². The quantitative estimate of drug-likeness (QED) is 0.733. The van der Waals surface area contributed by atoms with Gasteiger partial charge in [0.1, 0.15) is 11.6 Å². The highest BCUT2D eigenvalue weighted by molar-refractivity contribution is 5.84. The molecule has 0 radical (unpaired) electrons. The Morgan fingerprint density at radius 2 is 2.00 bits per heavy atom. The standard InChI is InChI=1S/C16H16N4O2/c1-11(2)22-14-5-3-13(4-6-14)18-15-7-8-20-16(19-15)12(10-21)9-17-20/h3-11H,1-2H3,(H,18,19). The minimum atomic E-state index is 0.145. The number of anilines is 2. The first-order chi connectivity index (χ1) is 10.7. The number of carbonyl (C=O) groups excluding carboxylic acids is 1. The molecule has 6 nitrogen and oxygen atoms in total. The summed E-state index contributed by atoms with van der Waals surface area (Å²) < 4.78 is 7.17. The molecule has 3 rings (SSSR count). The zero-order valence-electron chi connectivity index (χ0n) is 12.4. The maximum absolute atomic E-state index is 10.9. The third-order valence-corrected chi connectivity index (χ3v) is 3.02. The topological polar surface area (TPSA) is 68.5 Å². The average molecular weight is 296 g/mol. The van der Waals surface area contributed by atoms with E-state index in [1.165, 1.54) is 6.20 Å². The molecule has 22 heavy (non-hydrogen) atoms. The molecule has 0 aliphatic heterocycles. The van der Waals surface area contributed by atoms with Gasteiger partial charge in [-0.1, -0.05) is 0 Å². The van der Waals surface area contributed by atoms with Gasteiger partial charge in [-0.15, -0.1) is 0 Å². The van der Waals surface area contributed by atoms with Crippen LogP contribution in [0, 0.1) is 0 Å². The van der Waals surface area contributed by atoms with Crippen molar-refractivity contribution in [1.29, 1.82) is 0 Å². The molecule has 0 saturated heterocycles. The van der Waals surface area contributed by atoms with Crippen molar-refractivity contribution in [2.24, 2.45) is 0 Å². The van der Waals surface area contributed by atoms with Crippen LogP contribution in [0.5, 0.6) is 5.75 Å². The molecule has 0 amide bonds. The summed E-state index contributed by atoms with van der Waals surface area (Å²) >= 11 is 0. The average Bonchev–Trinajstić information content (AvgIpc) is 2.91. The van der Waals surface area contributed by atoms with Gasteiger partial charge in [-0.2, -0.15) is 5.10 Å². The Labute approximate surface area is 127 Å². The summed E-state index contributed by atoms with van der Waals surface area (Å²) in [5, 5.41) is 7.25. The summed E-state index contributed by atoms with van der Waals surface area (Å²) in [6.45, 7) is 3.98. The van der Waals surface area contributed by atoms with Crippen LogP contribution in [0.4, 0.5) is 11.5 Å². The van der Waals surface area contributed by atoms with Gasteiger partial charge in [0.05, 0.1) is 17.9 Å². The molecule has 6 heteroatoms. The molecule has 3 aromatic rings. The molecule has 0 saturated carbocycles. The highest BCUT2D eigenvalue weighted by Crippen LogP contribution is 2.20. The maximum Gasteiger partial charge on any atom is 0.167 e. The molecule has 0 spiro atoms. The van der Waals surface area contributed by atoms with Crippen LogP contribution in [-0.4, -0.2) is 27.0 Å². The predicted molar refractivity (Wildman–Crippen MR) is 83.9 cm³/mol. The molecule has 0 bridgehead atoms. The van der Waals surface area contributed by atoms with Crippen LogP contribution in [0.25, 0.3) is 5.65 Å². The first-order valence-electron chi connectivity index (χ1n) is 6.99. The van der Waals surface area contributed by atoms with Gasteiger partial charge in [0, 0.05) is 11.9 Å². The van der Waals surface area contributed by atoms with E-state index in [-0.39, 0.29) is 6.10 Å². The Morgan fingerprint density at radius 3 is 2.68 bits per heavy atom. The van der Waals surface area contributed by atoms with E-state index < -0.39 is 0 Å². The molecule has 0 aliphatic rings. The van der Waals surface area contributed by atoms with E-state index in [0.29, 0.717) is 17.0 Å². The lowest BCUT2D eigenvalue weighted by molar-refractivity contribution is 0.112. The molecule has 0 atom stereocenters. The molecule has 1 aromatic carbocycles. The number of benzene rings is 1. The van der Waals surface area contributed by atoms with Gasteiger partial charge in [-0.05, 0) is 44.2 Å². The predicted octanol–water partition coefficient (Wildman–Crippen LogP) is 3.07. The molecule has 2 aromatic heterocycles. The number of nitrogens with zero attached hydrogens (tertiary/aromatic N) is 3. The fourth-order valence-corrected chi connectivity index (χ4v) is 2.08. The third kappa shape index (κ3) is 2.90. The van der Waals surface area contributed by atoms with E-state index in [2.05, 4.69) is 15.4 Å². The molecule has 0 unspecified atom stereocenters. The van der Waals surface area contributed by atoms with Gasteiger partial charge < -0.3 is 10.1 Å². The van der Waals surface area contributed by atoms with Crippen molar-refractivity contribution in [1.82, 2.24) is 14.6 Å². The van der Waals surface area contributed by atoms with Crippen LogP contribution in [0.15, 0.2) is 42.7 Å². The zero-order chi connectivity index (χ0) is 15.5. The number of rotatable bonds is 5. The summed E-state index contributed by atoms with van der Waals surface area (Å²) in [5.41, 5.74) is 1.88. The van der Waals surface area contributed by atoms with Gasteiger partial charge in [0.2, 0.25) is 0 Å². The normalized spacial score (nSPS) is 10.9. The molecular weight excluding hydrogens is 280 g/mol. The smallest absolute Gasteiger partial charge is 0.167 e. The number of carbonyl (C=O) groups is 1. The summed E-state index contributed by atoms with van der Waals surface area (Å²) in [5.74, 6) is 1.47. The van der Waals surface area contributed by atoms with Gasteiger partial charge in [-0.25, -0.2) is 9.50 Å². The maximum atomic E-state index is 10.9. The third-order valence-electron chi connectivity index (χ3n) is 3.02. The van der Waals surface area contributed by atoms with Crippen LogP contribution < -0.4 is 10.1 Å². The van der Waals surface area contributed by atoms with Crippen molar-refractivity contribution >= 4 is 23.4 Å². The van der Waals surface area contributed by atoms with Crippen LogP contribution in [0.1, 0.15) is 24.2 Å². The number of fused-ring (bicyclic) bond motifs is 1. The van der Waals surface area contributed by atoms with Gasteiger partial charge >= 0.3 is 0 Å². The Kier molecular flexibility index (Phi) is 3.74. The van der Waals surface area contributed by atoms with Crippen LogP contribution in [0.2, 0.25) is 0 Å². The number of aldehydes is 1. The molecule has 1 N–H and O–H groups in total. The second kappa shape index (κ2) is 5.85. The van der Waals surface area contributed by atoms with Gasteiger partial charge in [0.25, 0.3) is 0 Å². The monoisotopic (exact) mass is 296 g/mol. The number of aromatic nitrogens is 3. The van der Waals surface area contributed by atoms with E-state index in [1.54, 1.807) is 16.8 Å². The minimum Gasteiger partial charge on any atom is -0.491 e. The SMILES string of the molecule is CC(C)Oc1ccc(Nc2ccn3ncc(C=O)c3n2)cc1. The van der Waals surface area contributed by atoms with Crippen LogP contribution in [0.3, 0.4) is 0 Å². The molecule has 112 valence electrons. The Morgan fingerprint density at radius 1 is 1.23 bits per heavy atom.